The summed E-state index contributed by atoms with van der Waals surface area (Å²) >= 11 is 0. The number of hydrogen-bond acceptors (Lipinski definition) is 4. The first-order chi connectivity index (χ1) is 7.11. The van der Waals surface area contributed by atoms with Gasteiger partial charge in [-0.05, 0) is 13.3 Å². The zero-order valence-electron chi connectivity index (χ0n) is 8.28. The van der Waals surface area contributed by atoms with Crippen LogP contribution in [0.25, 0.3) is 0 Å². The molecular formula is C9H11N3O3. The predicted molar refractivity (Wildman–Crippen MR) is 52.5 cm³/mol. The molecule has 1 rings (SSSR count). The van der Waals surface area contributed by atoms with Crippen molar-refractivity contribution in [1.82, 2.24) is 9.55 Å². The van der Waals surface area contributed by atoms with Gasteiger partial charge < -0.3 is 5.11 Å². The van der Waals surface area contributed by atoms with Crippen molar-refractivity contribution in [3.8, 4) is 6.07 Å². The van der Waals surface area contributed by atoms with Gasteiger partial charge >= 0.3 is 5.69 Å². The molecule has 0 fully saturated rings. The lowest BCUT2D eigenvalue weighted by Crippen LogP contribution is -2.34. The Bertz CT molecular complexity index is 507. The molecule has 1 aromatic rings. The van der Waals surface area contributed by atoms with E-state index >= 15 is 0 Å². The fraction of sp³-hybridized carbons (Fsp3) is 0.444. The summed E-state index contributed by atoms with van der Waals surface area (Å²) in [6.45, 7) is 1.62. The van der Waals surface area contributed by atoms with E-state index in [-0.39, 0.29) is 24.4 Å². The van der Waals surface area contributed by atoms with Gasteiger partial charge in [-0.25, -0.2) is 4.79 Å². The Morgan fingerprint density at radius 3 is 2.73 bits per heavy atom. The van der Waals surface area contributed by atoms with E-state index < -0.39 is 11.2 Å². The Balaban J connectivity index is 3.38. The Morgan fingerprint density at radius 2 is 2.20 bits per heavy atom. The van der Waals surface area contributed by atoms with Crippen LogP contribution in [0, 0.1) is 18.3 Å². The Kier molecular flexibility index (Phi) is 3.42. The monoisotopic (exact) mass is 209 g/mol. The van der Waals surface area contributed by atoms with E-state index in [2.05, 4.69) is 4.98 Å². The quantitative estimate of drug-likeness (QED) is 0.673. The zero-order valence-corrected chi connectivity index (χ0v) is 8.28. The fourth-order valence-electron chi connectivity index (χ4n) is 1.26. The van der Waals surface area contributed by atoms with Gasteiger partial charge in [-0.2, -0.15) is 5.26 Å². The van der Waals surface area contributed by atoms with Crippen molar-refractivity contribution in [1.29, 1.82) is 5.26 Å². The molecule has 0 amide bonds. The number of rotatable bonds is 3. The maximum Gasteiger partial charge on any atom is 0.329 e. The predicted octanol–water partition coefficient (Wildman–Crippen LogP) is -0.901. The number of H-pyrrole nitrogens is 1. The highest BCUT2D eigenvalue weighted by atomic mass is 16.3. The average Bonchev–Trinajstić information content (AvgIpc) is 2.21. The molecule has 0 aliphatic carbocycles. The van der Waals surface area contributed by atoms with Gasteiger partial charge in [0, 0.05) is 18.7 Å². The molecule has 15 heavy (non-hydrogen) atoms. The molecule has 0 saturated heterocycles. The van der Waals surface area contributed by atoms with E-state index in [0.717, 1.165) is 4.57 Å². The SMILES string of the molecule is Cc1c(C#N)n(CCCO)c(=O)[nH]c1=O. The molecule has 0 atom stereocenters. The van der Waals surface area contributed by atoms with Gasteiger partial charge in [0.2, 0.25) is 0 Å². The number of nitriles is 1. The van der Waals surface area contributed by atoms with Crippen LogP contribution in [0.15, 0.2) is 9.59 Å². The van der Waals surface area contributed by atoms with Gasteiger partial charge in [-0.1, -0.05) is 0 Å². The van der Waals surface area contributed by atoms with E-state index in [1.54, 1.807) is 0 Å². The summed E-state index contributed by atoms with van der Waals surface area (Å²) in [7, 11) is 0. The van der Waals surface area contributed by atoms with Crippen molar-refractivity contribution < 1.29 is 5.11 Å². The lowest BCUT2D eigenvalue weighted by atomic mass is 10.2. The first-order valence-electron chi connectivity index (χ1n) is 4.46. The standard InChI is InChI=1S/C9H11N3O3/c1-6-7(5-10)12(3-2-4-13)9(15)11-8(6)14/h13H,2-4H2,1H3,(H,11,14,15). The summed E-state index contributed by atoms with van der Waals surface area (Å²) in [6.07, 6.45) is 0.361. The lowest BCUT2D eigenvalue weighted by molar-refractivity contribution is 0.278. The lowest BCUT2D eigenvalue weighted by Gasteiger charge is -2.07. The second-order valence-electron chi connectivity index (χ2n) is 3.07. The molecule has 6 nitrogen and oxygen atoms in total. The second kappa shape index (κ2) is 4.57. The van der Waals surface area contributed by atoms with E-state index in [4.69, 9.17) is 10.4 Å². The molecule has 2 N–H and O–H groups in total. The summed E-state index contributed by atoms with van der Waals surface area (Å²) in [4.78, 5) is 24.6. The average molecular weight is 209 g/mol. The number of aliphatic hydroxyl groups excluding tert-OH is 1. The Hall–Kier alpha value is -1.87. The maximum atomic E-state index is 11.4. The Morgan fingerprint density at radius 1 is 1.53 bits per heavy atom. The molecule has 0 spiro atoms. The summed E-state index contributed by atoms with van der Waals surface area (Å²) in [6, 6.07) is 1.82. The van der Waals surface area contributed by atoms with Crippen LogP contribution >= 0.6 is 0 Å². The van der Waals surface area contributed by atoms with Crippen LogP contribution < -0.4 is 11.2 Å². The largest absolute Gasteiger partial charge is 0.396 e. The van der Waals surface area contributed by atoms with Crippen LogP contribution in [0.1, 0.15) is 17.7 Å². The van der Waals surface area contributed by atoms with Gasteiger partial charge in [0.05, 0.1) is 0 Å². The summed E-state index contributed by atoms with van der Waals surface area (Å²) in [5, 5.41) is 17.5. The number of nitrogens with one attached hydrogen (secondary N) is 1. The van der Waals surface area contributed by atoms with Crippen LogP contribution in [0.2, 0.25) is 0 Å². The van der Waals surface area contributed by atoms with Crippen LogP contribution in [0.4, 0.5) is 0 Å². The number of aromatic nitrogens is 2. The van der Waals surface area contributed by atoms with Gasteiger partial charge in [0.15, 0.2) is 0 Å². The van der Waals surface area contributed by atoms with Gasteiger partial charge in [-0.3, -0.25) is 14.3 Å². The highest BCUT2D eigenvalue weighted by molar-refractivity contribution is 5.28. The normalized spacial score (nSPS) is 9.93. The van der Waals surface area contributed by atoms with Crippen LogP contribution in [0.5, 0.6) is 0 Å². The fourth-order valence-corrected chi connectivity index (χ4v) is 1.26. The van der Waals surface area contributed by atoms with E-state index in [9.17, 15) is 9.59 Å². The maximum absolute atomic E-state index is 11.4. The molecule has 0 bridgehead atoms. The number of nitrogens with zero attached hydrogens (tertiary/aromatic N) is 2. The summed E-state index contributed by atoms with van der Waals surface area (Å²) < 4.78 is 1.16. The molecule has 0 aliphatic rings. The van der Waals surface area contributed by atoms with Crippen molar-refractivity contribution in [2.45, 2.75) is 19.9 Å². The molecule has 1 aromatic heterocycles. The third kappa shape index (κ3) is 2.14. The van der Waals surface area contributed by atoms with Crippen LogP contribution in [-0.4, -0.2) is 21.3 Å². The molecule has 0 radical (unpaired) electrons. The van der Waals surface area contributed by atoms with Crippen molar-refractivity contribution in [3.05, 3.63) is 32.1 Å². The molecule has 1 heterocycles. The molecule has 80 valence electrons. The van der Waals surface area contributed by atoms with Gasteiger partial charge in [0.25, 0.3) is 5.56 Å². The number of hydrogen-bond donors (Lipinski definition) is 2. The van der Waals surface area contributed by atoms with Crippen molar-refractivity contribution >= 4 is 0 Å². The highest BCUT2D eigenvalue weighted by Gasteiger charge is 2.09. The van der Waals surface area contributed by atoms with Crippen molar-refractivity contribution in [2.75, 3.05) is 6.61 Å². The van der Waals surface area contributed by atoms with E-state index in [1.165, 1.54) is 6.92 Å². The van der Waals surface area contributed by atoms with Crippen LogP contribution in [-0.2, 0) is 6.54 Å². The molecular weight excluding hydrogens is 198 g/mol. The highest BCUT2D eigenvalue weighted by Crippen LogP contribution is 1.98. The molecule has 0 saturated carbocycles. The Labute approximate surface area is 85.4 Å². The van der Waals surface area contributed by atoms with E-state index in [1.807, 2.05) is 6.07 Å². The van der Waals surface area contributed by atoms with E-state index in [0.29, 0.717) is 6.42 Å². The molecule has 0 unspecified atom stereocenters. The first-order valence-corrected chi connectivity index (χ1v) is 4.46. The minimum Gasteiger partial charge on any atom is -0.396 e. The number of aromatic amines is 1. The minimum atomic E-state index is -0.615. The minimum absolute atomic E-state index is 0.0530. The molecule has 0 aromatic carbocycles. The third-order valence-electron chi connectivity index (χ3n) is 2.08. The van der Waals surface area contributed by atoms with Gasteiger partial charge in [0.1, 0.15) is 11.8 Å². The smallest absolute Gasteiger partial charge is 0.329 e. The molecule has 6 heteroatoms. The van der Waals surface area contributed by atoms with Crippen molar-refractivity contribution in [3.63, 3.8) is 0 Å². The zero-order chi connectivity index (χ0) is 11.4. The second-order valence-corrected chi connectivity index (χ2v) is 3.07. The summed E-state index contributed by atoms with van der Waals surface area (Å²) in [5.41, 5.74) is -0.889. The number of aliphatic hydroxyl groups is 1. The van der Waals surface area contributed by atoms with Crippen LogP contribution in [0.3, 0.4) is 0 Å². The molecule has 0 aliphatic heterocycles. The first kappa shape index (κ1) is 11.2. The van der Waals surface area contributed by atoms with Crippen molar-refractivity contribution in [2.24, 2.45) is 0 Å². The summed E-state index contributed by atoms with van der Waals surface area (Å²) in [5.74, 6) is 0. The topological polar surface area (TPSA) is 98.9 Å². The van der Waals surface area contributed by atoms with Gasteiger partial charge in [-0.15, -0.1) is 0 Å². The third-order valence-corrected chi connectivity index (χ3v) is 2.08.